The summed E-state index contributed by atoms with van der Waals surface area (Å²) in [5, 5.41) is -0.493. The van der Waals surface area contributed by atoms with Crippen molar-refractivity contribution in [1.82, 2.24) is 0 Å². The van der Waals surface area contributed by atoms with Gasteiger partial charge in [0.2, 0.25) is 0 Å². The van der Waals surface area contributed by atoms with Gasteiger partial charge in [0, 0.05) is 0 Å². The summed E-state index contributed by atoms with van der Waals surface area (Å²) < 4.78 is 36.4. The molecule has 1 rings (SSSR count). The Bertz CT molecular complexity index is 273. The van der Waals surface area contributed by atoms with Gasteiger partial charge in [-0.2, -0.15) is 0 Å². The Labute approximate surface area is 69.4 Å². The normalized spacial score (nSPS) is 12.6. The van der Waals surface area contributed by atoms with Crippen LogP contribution >= 0.6 is 8.19 Å². The third-order valence-electron chi connectivity index (χ3n) is 1.47. The standard InChI is InChI=1S/C8H8F3P/c1-2-7-3-5-8(6-4-7)12(9,10)11/h2-6,12H,1H2. The Balaban J connectivity index is 3.00. The van der Waals surface area contributed by atoms with E-state index in [4.69, 9.17) is 0 Å². The van der Waals surface area contributed by atoms with E-state index in [1.165, 1.54) is 18.2 Å². The first kappa shape index (κ1) is 9.27. The predicted octanol–water partition coefficient (Wildman–Crippen LogP) is 3.36. The van der Waals surface area contributed by atoms with E-state index in [2.05, 4.69) is 6.58 Å². The van der Waals surface area contributed by atoms with Crippen molar-refractivity contribution in [3.63, 3.8) is 0 Å². The molecule has 0 aliphatic rings. The van der Waals surface area contributed by atoms with E-state index in [0.717, 1.165) is 12.1 Å². The molecule has 66 valence electrons. The maximum absolute atomic E-state index is 12.1. The molecule has 0 aliphatic carbocycles. The van der Waals surface area contributed by atoms with Crippen molar-refractivity contribution in [3.05, 3.63) is 36.4 Å². The molecule has 0 aliphatic heterocycles. The molecular formula is C8H8F3P. The molecule has 1 aromatic carbocycles. The van der Waals surface area contributed by atoms with E-state index in [0.29, 0.717) is 5.56 Å². The molecule has 0 aromatic heterocycles. The van der Waals surface area contributed by atoms with Gasteiger partial charge in [-0.25, -0.2) is 0 Å². The van der Waals surface area contributed by atoms with Crippen LogP contribution in [0.2, 0.25) is 0 Å². The summed E-state index contributed by atoms with van der Waals surface area (Å²) in [6.45, 7) is 3.45. The van der Waals surface area contributed by atoms with Crippen molar-refractivity contribution >= 4 is 19.6 Å². The Hall–Kier alpha value is -0.820. The van der Waals surface area contributed by atoms with Crippen molar-refractivity contribution in [1.29, 1.82) is 0 Å². The van der Waals surface area contributed by atoms with Crippen LogP contribution in [0.25, 0.3) is 6.08 Å². The second kappa shape index (κ2) is 3.28. The van der Waals surface area contributed by atoms with Gasteiger partial charge in [0.15, 0.2) is 0 Å². The third-order valence-corrected chi connectivity index (χ3v) is 2.46. The summed E-state index contributed by atoms with van der Waals surface area (Å²) in [5.41, 5.74) is 0.706. The van der Waals surface area contributed by atoms with Crippen molar-refractivity contribution in [2.75, 3.05) is 0 Å². The molecular weight excluding hydrogens is 184 g/mol. The van der Waals surface area contributed by atoms with E-state index in [1.54, 1.807) is 0 Å². The zero-order valence-corrected chi connectivity index (χ0v) is 7.23. The van der Waals surface area contributed by atoms with Crippen molar-refractivity contribution in [2.24, 2.45) is 0 Å². The van der Waals surface area contributed by atoms with Gasteiger partial charge in [-0.3, -0.25) is 0 Å². The first-order chi connectivity index (χ1) is 5.54. The van der Waals surface area contributed by atoms with Gasteiger partial charge in [0.25, 0.3) is 0 Å². The maximum atomic E-state index is 12.1. The number of benzene rings is 1. The molecule has 0 amide bonds. The summed E-state index contributed by atoms with van der Waals surface area (Å²) in [5.74, 6) is 0. The van der Waals surface area contributed by atoms with E-state index >= 15 is 0 Å². The molecule has 0 saturated carbocycles. The van der Waals surface area contributed by atoms with Crippen molar-refractivity contribution in [3.8, 4) is 0 Å². The first-order valence-corrected chi connectivity index (χ1v) is 4.97. The Kier molecular flexibility index (Phi) is 2.53. The molecule has 0 unspecified atom stereocenters. The fourth-order valence-electron chi connectivity index (χ4n) is 0.808. The Morgan fingerprint density at radius 3 is 1.92 bits per heavy atom. The second-order valence-corrected chi connectivity index (χ2v) is 3.90. The van der Waals surface area contributed by atoms with Gasteiger partial charge < -0.3 is 0 Å². The predicted molar refractivity (Wildman–Crippen MR) is 47.8 cm³/mol. The summed E-state index contributed by atoms with van der Waals surface area (Å²) in [6.07, 6.45) is 1.52. The van der Waals surface area contributed by atoms with Crippen molar-refractivity contribution in [2.45, 2.75) is 0 Å². The first-order valence-electron chi connectivity index (χ1n) is 3.34. The van der Waals surface area contributed by atoms with Crippen molar-refractivity contribution < 1.29 is 12.6 Å². The second-order valence-electron chi connectivity index (χ2n) is 2.32. The van der Waals surface area contributed by atoms with Crippen LogP contribution in [0, 0.1) is 0 Å². The Morgan fingerprint density at radius 2 is 1.58 bits per heavy atom. The SMILES string of the molecule is C=Cc1ccc([PH](F)(F)F)cc1. The molecule has 4 heteroatoms. The average molecular weight is 192 g/mol. The van der Waals surface area contributed by atoms with Gasteiger partial charge >= 0.3 is 68.6 Å². The third kappa shape index (κ3) is 2.08. The minimum absolute atomic E-state index is 0.493. The molecule has 0 saturated heterocycles. The molecule has 0 fully saturated rings. The summed E-state index contributed by atoms with van der Waals surface area (Å²) in [6, 6.07) is 5.04. The monoisotopic (exact) mass is 192 g/mol. The minimum atomic E-state index is -5.60. The number of hydrogen-bond donors (Lipinski definition) is 0. The number of hydrogen-bond acceptors (Lipinski definition) is 0. The fourth-order valence-corrected chi connectivity index (χ4v) is 1.35. The van der Waals surface area contributed by atoms with E-state index < -0.39 is 13.5 Å². The van der Waals surface area contributed by atoms with Gasteiger partial charge in [-0.05, 0) is 0 Å². The molecule has 0 heterocycles. The van der Waals surface area contributed by atoms with Crippen LogP contribution in [0.15, 0.2) is 30.8 Å². The molecule has 0 N–H and O–H groups in total. The summed E-state index contributed by atoms with van der Waals surface area (Å²) >= 11 is 0. The number of halogens is 3. The number of rotatable bonds is 2. The molecule has 1 aromatic rings. The van der Waals surface area contributed by atoms with Gasteiger partial charge in [0.1, 0.15) is 0 Å². The van der Waals surface area contributed by atoms with E-state index in [9.17, 15) is 12.6 Å². The quantitative estimate of drug-likeness (QED) is 0.630. The van der Waals surface area contributed by atoms with Crippen LogP contribution < -0.4 is 5.30 Å². The molecule has 0 atom stereocenters. The molecule has 0 spiro atoms. The van der Waals surface area contributed by atoms with Crippen LogP contribution in [0.3, 0.4) is 0 Å². The topological polar surface area (TPSA) is 0 Å². The van der Waals surface area contributed by atoms with E-state index in [-0.39, 0.29) is 0 Å². The van der Waals surface area contributed by atoms with Crippen LogP contribution in [-0.2, 0) is 0 Å². The molecule has 0 bridgehead atoms. The zero-order valence-electron chi connectivity index (χ0n) is 6.23. The van der Waals surface area contributed by atoms with Crippen LogP contribution in [-0.4, -0.2) is 0 Å². The fraction of sp³-hybridized carbons (Fsp3) is 0. The molecule has 12 heavy (non-hydrogen) atoms. The van der Waals surface area contributed by atoms with Gasteiger partial charge in [-0.1, -0.05) is 0 Å². The molecule has 0 nitrogen and oxygen atoms in total. The average Bonchev–Trinajstić information content (AvgIpc) is 2.03. The van der Waals surface area contributed by atoms with Gasteiger partial charge in [0.05, 0.1) is 0 Å². The van der Waals surface area contributed by atoms with E-state index in [1.807, 2.05) is 0 Å². The van der Waals surface area contributed by atoms with Crippen LogP contribution in [0.1, 0.15) is 5.56 Å². The van der Waals surface area contributed by atoms with Gasteiger partial charge in [-0.15, -0.1) is 0 Å². The summed E-state index contributed by atoms with van der Waals surface area (Å²) in [7, 11) is -5.60. The molecule has 0 radical (unpaired) electrons. The summed E-state index contributed by atoms with van der Waals surface area (Å²) in [4.78, 5) is 0. The Morgan fingerprint density at radius 1 is 1.08 bits per heavy atom. The van der Waals surface area contributed by atoms with Crippen LogP contribution in [0.5, 0.6) is 0 Å². The van der Waals surface area contributed by atoms with Crippen LogP contribution in [0.4, 0.5) is 12.6 Å². The zero-order chi connectivity index (χ0) is 9.19.